The second-order valence-electron chi connectivity index (χ2n) is 13.3. The lowest BCUT2D eigenvalue weighted by Crippen LogP contribution is -2.25. The van der Waals surface area contributed by atoms with Gasteiger partial charge in [-0.2, -0.15) is 5.10 Å². The molecular formula is C36H37FN8O2. The number of nitrogens with one attached hydrogen (secondary N) is 3. The van der Waals surface area contributed by atoms with Crippen LogP contribution in [0.25, 0.3) is 55.8 Å². The average molecular weight is 633 g/mol. The highest BCUT2D eigenvalue weighted by molar-refractivity contribution is 5.99. The fourth-order valence-electron chi connectivity index (χ4n) is 6.09. The first-order valence-corrected chi connectivity index (χ1v) is 15.9. The van der Waals surface area contributed by atoms with Crippen molar-refractivity contribution in [3.05, 3.63) is 72.9 Å². The summed E-state index contributed by atoms with van der Waals surface area (Å²) in [7, 11) is 0. The molecule has 11 heteroatoms. The van der Waals surface area contributed by atoms with Gasteiger partial charge in [0.2, 0.25) is 5.91 Å². The number of halogens is 1. The summed E-state index contributed by atoms with van der Waals surface area (Å²) in [5.41, 5.74) is 6.88. The van der Waals surface area contributed by atoms with Gasteiger partial charge in [-0.25, -0.2) is 14.4 Å². The van der Waals surface area contributed by atoms with Gasteiger partial charge in [0.15, 0.2) is 0 Å². The van der Waals surface area contributed by atoms with Gasteiger partial charge in [-0.15, -0.1) is 0 Å². The molecule has 1 fully saturated rings. The number of aromatic nitrogens is 6. The molecule has 0 unspecified atom stereocenters. The van der Waals surface area contributed by atoms with Gasteiger partial charge in [0.1, 0.15) is 35.0 Å². The fraction of sp³-hybridized carbons (Fsp3) is 0.306. The molecule has 10 nitrogen and oxygen atoms in total. The van der Waals surface area contributed by atoms with Gasteiger partial charge < -0.3 is 15.0 Å². The van der Waals surface area contributed by atoms with Crippen molar-refractivity contribution in [2.24, 2.45) is 5.41 Å². The molecule has 0 atom stereocenters. The van der Waals surface area contributed by atoms with Crippen molar-refractivity contribution in [2.75, 3.05) is 31.6 Å². The van der Waals surface area contributed by atoms with Crippen molar-refractivity contribution in [2.45, 2.75) is 40.0 Å². The molecule has 0 bridgehead atoms. The van der Waals surface area contributed by atoms with Crippen LogP contribution in [0.15, 0.2) is 67.1 Å². The van der Waals surface area contributed by atoms with Crippen molar-refractivity contribution < 1.29 is 13.9 Å². The molecule has 1 amide bonds. The molecule has 0 aliphatic carbocycles. The Labute approximate surface area is 271 Å². The van der Waals surface area contributed by atoms with E-state index in [2.05, 4.69) is 35.4 Å². The Hall–Kier alpha value is -5.16. The molecule has 0 spiro atoms. The number of nitrogens with zero attached hydrogens (tertiary/aromatic N) is 5. The number of ether oxygens (including phenoxy) is 1. The third-order valence-corrected chi connectivity index (χ3v) is 8.26. The summed E-state index contributed by atoms with van der Waals surface area (Å²) in [6.07, 6.45) is 7.88. The number of aromatic amines is 2. The Bertz CT molecular complexity index is 2070. The number of hydrogen-bond donors (Lipinski definition) is 3. The molecule has 0 radical (unpaired) electrons. The van der Waals surface area contributed by atoms with Gasteiger partial charge in [0, 0.05) is 42.4 Å². The maximum absolute atomic E-state index is 14.8. The smallest absolute Gasteiger partial charge is 0.224 e. The number of carbonyl (C=O) groups is 1. The predicted molar refractivity (Wildman–Crippen MR) is 181 cm³/mol. The van der Waals surface area contributed by atoms with E-state index in [-0.39, 0.29) is 17.1 Å². The highest BCUT2D eigenvalue weighted by atomic mass is 19.1. The summed E-state index contributed by atoms with van der Waals surface area (Å²) in [5, 5.41) is 11.4. The van der Waals surface area contributed by atoms with E-state index in [1.807, 2.05) is 57.2 Å². The number of rotatable bonds is 9. The molecule has 5 aromatic heterocycles. The molecule has 3 N–H and O–H groups in total. The topological polar surface area (TPSA) is 125 Å². The number of fused-ring (bicyclic) bond motifs is 2. The molecule has 1 aliphatic rings. The normalized spacial score (nSPS) is 13.9. The highest BCUT2D eigenvalue weighted by Gasteiger charge is 2.19. The molecule has 0 saturated carbocycles. The van der Waals surface area contributed by atoms with Crippen LogP contribution in [0.3, 0.4) is 0 Å². The minimum Gasteiger partial charge on any atom is -0.492 e. The second kappa shape index (κ2) is 12.6. The van der Waals surface area contributed by atoms with Crippen molar-refractivity contribution in [1.82, 2.24) is 35.0 Å². The number of benzene rings is 1. The van der Waals surface area contributed by atoms with E-state index < -0.39 is 0 Å². The van der Waals surface area contributed by atoms with Gasteiger partial charge in [0.05, 0.1) is 28.8 Å². The summed E-state index contributed by atoms with van der Waals surface area (Å²) in [5.74, 6) is 0.0762. The molecule has 1 saturated heterocycles. The number of amides is 1. The number of anilines is 1. The van der Waals surface area contributed by atoms with E-state index in [9.17, 15) is 9.18 Å². The van der Waals surface area contributed by atoms with Gasteiger partial charge in [-0.1, -0.05) is 20.8 Å². The minimum absolute atomic E-state index is 0.0664. The van der Waals surface area contributed by atoms with Crippen molar-refractivity contribution in [3.8, 4) is 39.5 Å². The van der Waals surface area contributed by atoms with Crippen LogP contribution in [-0.2, 0) is 4.79 Å². The van der Waals surface area contributed by atoms with Gasteiger partial charge in [-0.05, 0) is 84.9 Å². The van der Waals surface area contributed by atoms with E-state index in [0.29, 0.717) is 52.6 Å². The first-order valence-electron chi connectivity index (χ1n) is 15.9. The lowest BCUT2D eigenvalue weighted by Gasteiger charge is -2.17. The molecule has 6 heterocycles. The van der Waals surface area contributed by atoms with Crippen LogP contribution in [0.2, 0.25) is 0 Å². The van der Waals surface area contributed by atoms with Crippen LogP contribution >= 0.6 is 0 Å². The number of H-pyrrole nitrogens is 2. The van der Waals surface area contributed by atoms with Crippen molar-refractivity contribution in [1.29, 1.82) is 0 Å². The Kier molecular flexibility index (Phi) is 8.15. The number of pyridine rings is 3. The minimum atomic E-state index is -0.359. The van der Waals surface area contributed by atoms with E-state index in [1.54, 1.807) is 18.6 Å². The molecule has 1 aromatic carbocycles. The van der Waals surface area contributed by atoms with E-state index in [4.69, 9.17) is 9.72 Å². The Morgan fingerprint density at radius 3 is 2.72 bits per heavy atom. The van der Waals surface area contributed by atoms with E-state index >= 15 is 0 Å². The predicted octanol–water partition coefficient (Wildman–Crippen LogP) is 7.22. The summed E-state index contributed by atoms with van der Waals surface area (Å²) < 4.78 is 20.8. The maximum Gasteiger partial charge on any atom is 0.224 e. The highest BCUT2D eigenvalue weighted by Crippen LogP contribution is 2.35. The lowest BCUT2D eigenvalue weighted by molar-refractivity contribution is -0.117. The lowest BCUT2D eigenvalue weighted by atomic mass is 9.92. The largest absolute Gasteiger partial charge is 0.492 e. The monoisotopic (exact) mass is 632 g/mol. The Morgan fingerprint density at radius 1 is 1.04 bits per heavy atom. The Balaban J connectivity index is 1.17. The first kappa shape index (κ1) is 30.5. The van der Waals surface area contributed by atoms with Crippen molar-refractivity contribution >= 4 is 33.7 Å². The summed E-state index contributed by atoms with van der Waals surface area (Å²) in [6, 6.07) is 14.3. The standard InChI is InChI=1S/C36H37FN8O2/c1-36(2,3)19-32(46)40-25-15-23(20-38-21-25)29-6-7-30-33(41-29)34(44-43-30)31-18-28-27(8-9-39-35(28)42-31)22-14-24(37)17-26(16-22)47-13-12-45-10-4-5-11-45/h6-9,14-18,20-21H,4-5,10-13,19H2,1-3H3,(H,39,42)(H,40,46)(H,43,44). The van der Waals surface area contributed by atoms with Gasteiger partial charge in [0.25, 0.3) is 0 Å². The van der Waals surface area contributed by atoms with E-state index in [1.165, 1.54) is 25.0 Å². The average Bonchev–Trinajstić information content (AvgIpc) is 3.79. The third-order valence-electron chi connectivity index (χ3n) is 8.26. The van der Waals surface area contributed by atoms with Crippen LogP contribution in [0.4, 0.5) is 10.1 Å². The quantitative estimate of drug-likeness (QED) is 0.154. The van der Waals surface area contributed by atoms with Gasteiger partial charge in [-0.3, -0.25) is 19.8 Å². The number of likely N-dealkylation sites (tertiary alicyclic amines) is 1. The Morgan fingerprint density at radius 2 is 1.89 bits per heavy atom. The third kappa shape index (κ3) is 6.85. The van der Waals surface area contributed by atoms with Crippen LogP contribution in [0, 0.1) is 11.2 Å². The van der Waals surface area contributed by atoms with Crippen LogP contribution in [0.5, 0.6) is 5.75 Å². The van der Waals surface area contributed by atoms with Crippen molar-refractivity contribution in [3.63, 3.8) is 0 Å². The molecule has 240 valence electrons. The molecule has 1 aliphatic heterocycles. The van der Waals surface area contributed by atoms with Crippen LogP contribution in [-0.4, -0.2) is 67.2 Å². The summed E-state index contributed by atoms with van der Waals surface area (Å²) >= 11 is 0. The SMILES string of the molecule is CC(C)(C)CC(=O)Nc1cncc(-c2ccc3[nH]nc(-c4cc5c(-c6cc(F)cc(OCCN7CCCC7)c6)ccnc5[nH]4)c3n2)c1. The molecule has 6 aromatic rings. The zero-order chi connectivity index (χ0) is 32.5. The zero-order valence-corrected chi connectivity index (χ0v) is 26.7. The summed E-state index contributed by atoms with van der Waals surface area (Å²) in [4.78, 5) is 32.1. The number of hydrogen-bond acceptors (Lipinski definition) is 7. The zero-order valence-electron chi connectivity index (χ0n) is 26.7. The summed E-state index contributed by atoms with van der Waals surface area (Å²) in [6.45, 7) is 9.59. The molecular weight excluding hydrogens is 595 g/mol. The molecule has 7 rings (SSSR count). The van der Waals surface area contributed by atoms with Crippen LogP contribution < -0.4 is 10.1 Å². The maximum atomic E-state index is 14.8. The molecule has 47 heavy (non-hydrogen) atoms. The van der Waals surface area contributed by atoms with Gasteiger partial charge >= 0.3 is 0 Å². The van der Waals surface area contributed by atoms with Crippen LogP contribution in [0.1, 0.15) is 40.0 Å². The second-order valence-corrected chi connectivity index (χ2v) is 13.3. The fourth-order valence-corrected chi connectivity index (χ4v) is 6.09. The first-order chi connectivity index (χ1) is 22.7. The van der Waals surface area contributed by atoms with E-state index in [0.717, 1.165) is 47.4 Å². The number of carbonyl (C=O) groups excluding carboxylic acids is 1.